The van der Waals surface area contributed by atoms with E-state index in [1.165, 1.54) is 12.1 Å². The van der Waals surface area contributed by atoms with E-state index in [0.29, 0.717) is 11.1 Å². The quantitative estimate of drug-likeness (QED) is 0.627. The van der Waals surface area contributed by atoms with Crippen LogP contribution in [-0.2, 0) is 11.4 Å². The van der Waals surface area contributed by atoms with Crippen LogP contribution >= 0.6 is 0 Å². The molecule has 0 saturated carbocycles. The average Bonchev–Trinajstić information content (AvgIpc) is 2.14. The third kappa shape index (κ3) is 2.34. The summed E-state index contributed by atoms with van der Waals surface area (Å²) in [6.07, 6.45) is 2.28. The van der Waals surface area contributed by atoms with Gasteiger partial charge in [-0.3, -0.25) is 0 Å². The first-order chi connectivity index (χ1) is 6.65. The molecule has 1 aromatic rings. The highest BCUT2D eigenvalue weighted by atomic mass is 16.4. The standard InChI is InChI=1S/C10H10O4/c11-6-8-7(4-5-10(13)14)2-1-3-9(8)12/h1-5,11-12H,6H2,(H,13,14)/b5-4+. The highest BCUT2D eigenvalue weighted by Crippen LogP contribution is 2.21. The Bertz CT molecular complexity index is 368. The van der Waals surface area contributed by atoms with Crippen molar-refractivity contribution >= 4 is 12.0 Å². The lowest BCUT2D eigenvalue weighted by Gasteiger charge is -2.04. The minimum Gasteiger partial charge on any atom is -0.508 e. The van der Waals surface area contributed by atoms with Gasteiger partial charge in [-0.05, 0) is 17.7 Å². The molecule has 74 valence electrons. The van der Waals surface area contributed by atoms with Gasteiger partial charge in [0.1, 0.15) is 5.75 Å². The Morgan fingerprint density at radius 2 is 2.14 bits per heavy atom. The Morgan fingerprint density at radius 3 is 2.71 bits per heavy atom. The van der Waals surface area contributed by atoms with Gasteiger partial charge in [-0.25, -0.2) is 4.79 Å². The zero-order valence-corrected chi connectivity index (χ0v) is 7.34. The molecule has 0 spiro atoms. The van der Waals surface area contributed by atoms with Crippen molar-refractivity contribution < 1.29 is 20.1 Å². The maximum atomic E-state index is 10.2. The molecule has 4 nitrogen and oxygen atoms in total. The minimum atomic E-state index is -1.07. The number of aliphatic hydroxyl groups excluding tert-OH is 1. The van der Waals surface area contributed by atoms with Crippen LogP contribution in [0, 0.1) is 0 Å². The average molecular weight is 194 g/mol. The Labute approximate surface area is 80.7 Å². The van der Waals surface area contributed by atoms with Gasteiger partial charge in [-0.2, -0.15) is 0 Å². The second-order valence-electron chi connectivity index (χ2n) is 2.67. The lowest BCUT2D eigenvalue weighted by atomic mass is 10.1. The molecule has 0 bridgehead atoms. The number of aromatic hydroxyl groups is 1. The van der Waals surface area contributed by atoms with E-state index in [9.17, 15) is 9.90 Å². The largest absolute Gasteiger partial charge is 0.508 e. The summed E-state index contributed by atoms with van der Waals surface area (Å²) < 4.78 is 0. The number of carbonyl (C=O) groups is 1. The third-order valence-electron chi connectivity index (χ3n) is 1.75. The van der Waals surface area contributed by atoms with Crippen molar-refractivity contribution in [2.45, 2.75) is 6.61 Å². The monoisotopic (exact) mass is 194 g/mol. The van der Waals surface area contributed by atoms with Gasteiger partial charge in [0.05, 0.1) is 6.61 Å². The van der Waals surface area contributed by atoms with E-state index in [1.807, 2.05) is 0 Å². The van der Waals surface area contributed by atoms with Gasteiger partial charge in [-0.15, -0.1) is 0 Å². The molecule has 0 unspecified atom stereocenters. The van der Waals surface area contributed by atoms with Gasteiger partial charge in [-0.1, -0.05) is 12.1 Å². The van der Waals surface area contributed by atoms with E-state index in [1.54, 1.807) is 12.1 Å². The second kappa shape index (κ2) is 4.43. The summed E-state index contributed by atoms with van der Waals surface area (Å²) in [7, 11) is 0. The Kier molecular flexibility index (Phi) is 3.25. The summed E-state index contributed by atoms with van der Waals surface area (Å²) in [5.41, 5.74) is 0.819. The Balaban J connectivity index is 3.08. The first kappa shape index (κ1) is 10.3. The van der Waals surface area contributed by atoms with E-state index >= 15 is 0 Å². The smallest absolute Gasteiger partial charge is 0.328 e. The molecule has 0 fully saturated rings. The summed E-state index contributed by atoms with van der Waals surface area (Å²) >= 11 is 0. The molecule has 0 aliphatic carbocycles. The first-order valence-electron chi connectivity index (χ1n) is 3.98. The topological polar surface area (TPSA) is 77.8 Å². The van der Waals surface area contributed by atoms with E-state index in [-0.39, 0.29) is 12.4 Å². The molecule has 0 heterocycles. The van der Waals surface area contributed by atoms with Crippen molar-refractivity contribution in [3.8, 4) is 5.75 Å². The lowest BCUT2D eigenvalue weighted by molar-refractivity contribution is -0.131. The molecule has 1 rings (SSSR count). The van der Waals surface area contributed by atoms with Crippen LogP contribution in [0.3, 0.4) is 0 Å². The maximum Gasteiger partial charge on any atom is 0.328 e. The number of carboxylic acid groups (broad SMARTS) is 1. The minimum absolute atomic E-state index is 0.0416. The summed E-state index contributed by atoms with van der Waals surface area (Å²) in [6, 6.07) is 4.63. The summed E-state index contributed by atoms with van der Waals surface area (Å²) in [5, 5.41) is 26.6. The molecular weight excluding hydrogens is 184 g/mol. The predicted molar refractivity (Wildman–Crippen MR) is 50.7 cm³/mol. The number of aliphatic hydroxyl groups is 1. The van der Waals surface area contributed by atoms with Crippen molar-refractivity contribution in [3.63, 3.8) is 0 Å². The summed E-state index contributed by atoms with van der Waals surface area (Å²) in [6.45, 7) is -0.327. The van der Waals surface area contributed by atoms with E-state index in [4.69, 9.17) is 10.2 Å². The SMILES string of the molecule is O=C(O)/C=C/c1cccc(O)c1CO. The highest BCUT2D eigenvalue weighted by Gasteiger charge is 2.03. The van der Waals surface area contributed by atoms with Gasteiger partial charge in [0.2, 0.25) is 0 Å². The molecule has 3 N–H and O–H groups in total. The van der Waals surface area contributed by atoms with Gasteiger partial charge >= 0.3 is 5.97 Å². The molecule has 0 atom stereocenters. The number of phenols is 1. The summed E-state index contributed by atoms with van der Waals surface area (Å²) in [5.74, 6) is -1.11. The molecule has 0 amide bonds. The fourth-order valence-electron chi connectivity index (χ4n) is 1.08. The maximum absolute atomic E-state index is 10.2. The normalized spacial score (nSPS) is 10.6. The number of aliphatic carboxylic acids is 1. The number of carboxylic acids is 1. The van der Waals surface area contributed by atoms with E-state index in [2.05, 4.69) is 0 Å². The fourth-order valence-corrected chi connectivity index (χ4v) is 1.08. The number of rotatable bonds is 3. The predicted octanol–water partition coefficient (Wildman–Crippen LogP) is 0.982. The molecule has 0 radical (unpaired) electrons. The molecule has 0 aliphatic rings. The van der Waals surface area contributed by atoms with Crippen LogP contribution < -0.4 is 0 Å². The van der Waals surface area contributed by atoms with Gasteiger partial charge < -0.3 is 15.3 Å². The van der Waals surface area contributed by atoms with Crippen LogP contribution in [0.1, 0.15) is 11.1 Å². The molecule has 0 aromatic heterocycles. The molecule has 0 aliphatic heterocycles. The number of hydrogen-bond donors (Lipinski definition) is 3. The Morgan fingerprint density at radius 1 is 1.43 bits per heavy atom. The van der Waals surface area contributed by atoms with Crippen molar-refractivity contribution in [3.05, 3.63) is 35.4 Å². The second-order valence-corrected chi connectivity index (χ2v) is 2.67. The van der Waals surface area contributed by atoms with Crippen LogP contribution in [0.2, 0.25) is 0 Å². The zero-order valence-electron chi connectivity index (χ0n) is 7.34. The highest BCUT2D eigenvalue weighted by molar-refractivity contribution is 5.85. The molecule has 14 heavy (non-hydrogen) atoms. The molecule has 1 aromatic carbocycles. The van der Waals surface area contributed by atoms with Crippen molar-refractivity contribution in [1.82, 2.24) is 0 Å². The van der Waals surface area contributed by atoms with E-state index < -0.39 is 5.97 Å². The molecule has 4 heteroatoms. The van der Waals surface area contributed by atoms with E-state index in [0.717, 1.165) is 6.08 Å². The van der Waals surface area contributed by atoms with Crippen LogP contribution in [0.5, 0.6) is 5.75 Å². The van der Waals surface area contributed by atoms with Gasteiger partial charge in [0.15, 0.2) is 0 Å². The zero-order chi connectivity index (χ0) is 10.6. The van der Waals surface area contributed by atoms with Crippen LogP contribution in [0.15, 0.2) is 24.3 Å². The van der Waals surface area contributed by atoms with Crippen LogP contribution in [0.4, 0.5) is 0 Å². The van der Waals surface area contributed by atoms with Crippen LogP contribution in [0.25, 0.3) is 6.08 Å². The molecular formula is C10H10O4. The summed E-state index contributed by atoms with van der Waals surface area (Å²) in [4.78, 5) is 10.2. The lowest BCUT2D eigenvalue weighted by Crippen LogP contribution is -1.91. The van der Waals surface area contributed by atoms with Gasteiger partial charge in [0, 0.05) is 11.6 Å². The number of hydrogen-bond acceptors (Lipinski definition) is 3. The van der Waals surface area contributed by atoms with Crippen molar-refractivity contribution in [1.29, 1.82) is 0 Å². The Hall–Kier alpha value is -1.81. The number of benzene rings is 1. The van der Waals surface area contributed by atoms with Crippen molar-refractivity contribution in [2.24, 2.45) is 0 Å². The first-order valence-corrected chi connectivity index (χ1v) is 3.98. The van der Waals surface area contributed by atoms with Gasteiger partial charge in [0.25, 0.3) is 0 Å². The van der Waals surface area contributed by atoms with Crippen molar-refractivity contribution in [2.75, 3.05) is 0 Å². The molecule has 0 saturated heterocycles. The van der Waals surface area contributed by atoms with Crippen LogP contribution in [-0.4, -0.2) is 21.3 Å². The fraction of sp³-hybridized carbons (Fsp3) is 0.100. The third-order valence-corrected chi connectivity index (χ3v) is 1.75.